The van der Waals surface area contributed by atoms with E-state index >= 15 is 0 Å². The molecule has 0 spiro atoms. The predicted molar refractivity (Wildman–Crippen MR) is 65.2 cm³/mol. The van der Waals surface area contributed by atoms with Crippen LogP contribution in [0.3, 0.4) is 0 Å². The van der Waals surface area contributed by atoms with E-state index in [1.165, 1.54) is 26.4 Å². The van der Waals surface area contributed by atoms with E-state index in [4.69, 9.17) is 0 Å². The minimum Gasteiger partial charge on any atom is -0.469 e. The van der Waals surface area contributed by atoms with E-state index in [1.54, 1.807) is 0 Å². The van der Waals surface area contributed by atoms with Crippen molar-refractivity contribution in [2.24, 2.45) is 11.8 Å². The average molecular weight is 227 g/mol. The van der Waals surface area contributed by atoms with E-state index in [-0.39, 0.29) is 12.0 Å². The number of rotatable bonds is 4. The first-order chi connectivity index (χ1) is 7.52. The van der Waals surface area contributed by atoms with Gasteiger partial charge in [0.2, 0.25) is 0 Å². The smallest absolute Gasteiger partial charge is 0.307 e. The van der Waals surface area contributed by atoms with Gasteiger partial charge in [-0.1, -0.05) is 13.8 Å². The molecule has 16 heavy (non-hydrogen) atoms. The third kappa shape index (κ3) is 4.12. The summed E-state index contributed by atoms with van der Waals surface area (Å²) in [6.07, 6.45) is 4.29. The van der Waals surface area contributed by atoms with Gasteiger partial charge in [-0.15, -0.1) is 0 Å². The summed E-state index contributed by atoms with van der Waals surface area (Å²) in [6.45, 7) is 6.68. The van der Waals surface area contributed by atoms with Crippen molar-refractivity contribution in [1.29, 1.82) is 0 Å². The molecule has 1 N–H and O–H groups in total. The zero-order valence-electron chi connectivity index (χ0n) is 11.0. The van der Waals surface area contributed by atoms with Gasteiger partial charge >= 0.3 is 5.97 Å². The number of esters is 1. The number of hydrogen-bond acceptors (Lipinski definition) is 3. The summed E-state index contributed by atoms with van der Waals surface area (Å²) in [7, 11) is 1.44. The van der Waals surface area contributed by atoms with Gasteiger partial charge < -0.3 is 10.1 Å². The zero-order chi connectivity index (χ0) is 12.1. The molecule has 0 bridgehead atoms. The van der Waals surface area contributed by atoms with Crippen molar-refractivity contribution in [2.75, 3.05) is 7.11 Å². The number of carbonyl (C=O) groups is 1. The van der Waals surface area contributed by atoms with Gasteiger partial charge in [0.25, 0.3) is 0 Å². The minimum atomic E-state index is -0.128. The lowest BCUT2D eigenvalue weighted by Gasteiger charge is -2.35. The molecule has 0 heterocycles. The van der Waals surface area contributed by atoms with Gasteiger partial charge in [-0.05, 0) is 38.0 Å². The summed E-state index contributed by atoms with van der Waals surface area (Å²) < 4.78 is 4.67. The Morgan fingerprint density at radius 1 is 1.44 bits per heavy atom. The van der Waals surface area contributed by atoms with Crippen molar-refractivity contribution in [3.05, 3.63) is 0 Å². The lowest BCUT2D eigenvalue weighted by molar-refractivity contribution is -0.141. The molecule has 0 radical (unpaired) electrons. The lowest BCUT2D eigenvalue weighted by atomic mass is 9.79. The summed E-state index contributed by atoms with van der Waals surface area (Å²) in [5, 5.41) is 3.55. The largest absolute Gasteiger partial charge is 0.469 e. The predicted octanol–water partition coefficient (Wildman–Crippen LogP) is 2.35. The summed E-state index contributed by atoms with van der Waals surface area (Å²) in [5.41, 5.74) is 0. The van der Waals surface area contributed by atoms with Crippen molar-refractivity contribution >= 4 is 5.97 Å². The molecule has 0 saturated heterocycles. The topological polar surface area (TPSA) is 38.3 Å². The molecule has 1 saturated carbocycles. The molecule has 0 aromatic heterocycles. The van der Waals surface area contributed by atoms with E-state index in [0.717, 1.165) is 5.92 Å². The molecule has 1 aliphatic rings. The second-order valence-corrected chi connectivity index (χ2v) is 5.35. The Hall–Kier alpha value is -0.570. The average Bonchev–Trinajstić information content (AvgIpc) is 2.22. The summed E-state index contributed by atoms with van der Waals surface area (Å²) in [4.78, 5) is 11.1. The Bertz CT molecular complexity index is 230. The fourth-order valence-electron chi connectivity index (χ4n) is 2.67. The molecule has 1 fully saturated rings. The highest BCUT2D eigenvalue weighted by Crippen LogP contribution is 2.28. The quantitative estimate of drug-likeness (QED) is 0.749. The summed E-state index contributed by atoms with van der Waals surface area (Å²) in [6, 6.07) is 0.782. The van der Waals surface area contributed by atoms with Gasteiger partial charge in [0.15, 0.2) is 0 Å². The first-order valence-corrected chi connectivity index (χ1v) is 6.35. The molecule has 4 unspecified atom stereocenters. The van der Waals surface area contributed by atoms with E-state index in [9.17, 15) is 4.79 Å². The SMILES string of the molecule is COC(=O)CC(C)NC1CCC(C)CC1C. The van der Waals surface area contributed by atoms with E-state index < -0.39 is 0 Å². The minimum absolute atomic E-state index is 0.128. The second kappa shape index (κ2) is 6.24. The Morgan fingerprint density at radius 2 is 2.12 bits per heavy atom. The number of hydrogen-bond donors (Lipinski definition) is 1. The Morgan fingerprint density at radius 3 is 2.69 bits per heavy atom. The number of ether oxygens (including phenoxy) is 1. The van der Waals surface area contributed by atoms with Crippen LogP contribution in [0.2, 0.25) is 0 Å². The van der Waals surface area contributed by atoms with Gasteiger partial charge in [-0.2, -0.15) is 0 Å². The van der Waals surface area contributed by atoms with Gasteiger partial charge in [-0.3, -0.25) is 4.79 Å². The van der Waals surface area contributed by atoms with E-state index in [1.807, 2.05) is 0 Å². The molecular formula is C13H25NO2. The van der Waals surface area contributed by atoms with Crippen molar-refractivity contribution in [3.8, 4) is 0 Å². The third-order valence-corrected chi connectivity index (χ3v) is 3.63. The van der Waals surface area contributed by atoms with E-state index in [2.05, 4.69) is 30.8 Å². The van der Waals surface area contributed by atoms with Crippen molar-refractivity contribution in [1.82, 2.24) is 5.32 Å². The lowest BCUT2D eigenvalue weighted by Crippen LogP contribution is -2.44. The maximum absolute atomic E-state index is 11.1. The maximum atomic E-state index is 11.1. The maximum Gasteiger partial charge on any atom is 0.307 e. The molecule has 1 aliphatic carbocycles. The van der Waals surface area contributed by atoms with Crippen LogP contribution in [-0.2, 0) is 9.53 Å². The van der Waals surface area contributed by atoms with E-state index in [0.29, 0.717) is 18.4 Å². The molecule has 94 valence electrons. The molecular weight excluding hydrogens is 202 g/mol. The standard InChI is InChI=1S/C13H25NO2/c1-9-5-6-12(10(2)7-9)14-11(3)8-13(15)16-4/h9-12,14H,5-8H2,1-4H3. The highest BCUT2D eigenvalue weighted by Gasteiger charge is 2.26. The van der Waals surface area contributed by atoms with Crippen LogP contribution in [0, 0.1) is 11.8 Å². The number of nitrogens with one attached hydrogen (secondary N) is 1. The fraction of sp³-hybridized carbons (Fsp3) is 0.923. The third-order valence-electron chi connectivity index (χ3n) is 3.63. The molecule has 3 heteroatoms. The molecule has 3 nitrogen and oxygen atoms in total. The Balaban J connectivity index is 2.33. The first kappa shape index (κ1) is 13.5. The van der Waals surface area contributed by atoms with Crippen molar-refractivity contribution in [3.63, 3.8) is 0 Å². The van der Waals surface area contributed by atoms with Crippen LogP contribution in [0.1, 0.15) is 46.5 Å². The molecule has 0 aromatic carbocycles. The van der Waals surface area contributed by atoms with Crippen LogP contribution in [-0.4, -0.2) is 25.2 Å². The molecule has 0 aromatic rings. The van der Waals surface area contributed by atoms with Crippen LogP contribution < -0.4 is 5.32 Å². The number of carbonyl (C=O) groups excluding carboxylic acids is 1. The Labute approximate surface area is 98.9 Å². The van der Waals surface area contributed by atoms with Crippen LogP contribution in [0.5, 0.6) is 0 Å². The van der Waals surface area contributed by atoms with Crippen LogP contribution >= 0.6 is 0 Å². The molecule has 0 aliphatic heterocycles. The van der Waals surface area contributed by atoms with Gasteiger partial charge in [0, 0.05) is 12.1 Å². The first-order valence-electron chi connectivity index (χ1n) is 6.35. The Kier molecular flexibility index (Phi) is 5.26. The van der Waals surface area contributed by atoms with Gasteiger partial charge in [-0.25, -0.2) is 0 Å². The summed E-state index contributed by atoms with van der Waals surface area (Å²) >= 11 is 0. The second-order valence-electron chi connectivity index (χ2n) is 5.35. The van der Waals surface area contributed by atoms with Crippen LogP contribution in [0.25, 0.3) is 0 Å². The molecule has 1 rings (SSSR count). The summed E-state index contributed by atoms with van der Waals surface area (Å²) in [5.74, 6) is 1.43. The fourth-order valence-corrected chi connectivity index (χ4v) is 2.67. The van der Waals surface area contributed by atoms with Crippen molar-refractivity contribution < 1.29 is 9.53 Å². The number of methoxy groups -OCH3 is 1. The van der Waals surface area contributed by atoms with Crippen LogP contribution in [0.15, 0.2) is 0 Å². The van der Waals surface area contributed by atoms with Crippen molar-refractivity contribution in [2.45, 2.75) is 58.5 Å². The monoisotopic (exact) mass is 227 g/mol. The highest BCUT2D eigenvalue weighted by molar-refractivity contribution is 5.69. The normalized spacial score (nSPS) is 32.1. The highest BCUT2D eigenvalue weighted by atomic mass is 16.5. The molecule has 0 amide bonds. The zero-order valence-corrected chi connectivity index (χ0v) is 11.0. The molecule has 4 atom stereocenters. The van der Waals surface area contributed by atoms with Gasteiger partial charge in [0.05, 0.1) is 13.5 Å². The van der Waals surface area contributed by atoms with Gasteiger partial charge in [0.1, 0.15) is 0 Å². The van der Waals surface area contributed by atoms with Crippen LogP contribution in [0.4, 0.5) is 0 Å².